The number of aliphatic imine (C=N–C) groups is 1. The summed E-state index contributed by atoms with van der Waals surface area (Å²) in [6, 6.07) is 7.10. The first-order chi connectivity index (χ1) is 16.4. The van der Waals surface area contributed by atoms with Crippen molar-refractivity contribution in [2.75, 3.05) is 18.1 Å². The summed E-state index contributed by atoms with van der Waals surface area (Å²) in [6.45, 7) is 13.2. The van der Waals surface area contributed by atoms with Crippen molar-refractivity contribution in [3.8, 4) is 0 Å². The van der Waals surface area contributed by atoms with E-state index in [9.17, 15) is 0 Å². The van der Waals surface area contributed by atoms with Crippen LogP contribution in [-0.2, 0) is 24.8 Å². The quantitative estimate of drug-likeness (QED) is 0.274. The summed E-state index contributed by atoms with van der Waals surface area (Å²) in [5, 5.41) is 0. The molecule has 0 spiro atoms. The van der Waals surface area contributed by atoms with E-state index in [4.69, 9.17) is 9.73 Å². The second kappa shape index (κ2) is 11.8. The molecule has 1 atom stereocenters. The van der Waals surface area contributed by atoms with Crippen molar-refractivity contribution in [3.63, 3.8) is 0 Å². The van der Waals surface area contributed by atoms with Gasteiger partial charge in [0.05, 0.1) is 6.04 Å². The Kier molecular flexibility index (Phi) is 9.66. The third-order valence-corrected chi connectivity index (χ3v) is 9.22. The second-order valence-corrected chi connectivity index (χ2v) is 12.5. The van der Waals surface area contributed by atoms with E-state index in [1.807, 2.05) is 0 Å². The first-order valence-electron chi connectivity index (χ1n) is 13.8. The van der Waals surface area contributed by atoms with Crippen LogP contribution in [0.4, 0.5) is 5.69 Å². The zero-order chi connectivity index (χ0) is 23.4. The summed E-state index contributed by atoms with van der Waals surface area (Å²) < 4.78 is 6.33. The van der Waals surface area contributed by atoms with Crippen molar-refractivity contribution in [1.82, 2.24) is 4.90 Å². The molecular formula is C32H48IrN3O. The maximum Gasteiger partial charge on any atom is 3.00 e. The minimum absolute atomic E-state index is 0. The number of benzene rings is 1. The Hall–Kier alpha value is -1.32. The van der Waals surface area contributed by atoms with Gasteiger partial charge < -0.3 is 29.4 Å². The van der Waals surface area contributed by atoms with E-state index in [0.717, 1.165) is 43.2 Å². The number of hydrogen-bond donors (Lipinski definition) is 0. The Bertz CT molecular complexity index is 923. The average molecular weight is 683 g/mol. The van der Waals surface area contributed by atoms with Crippen LogP contribution in [0.25, 0.3) is 0 Å². The molecule has 0 unspecified atom stereocenters. The van der Waals surface area contributed by atoms with Crippen molar-refractivity contribution in [2.24, 2.45) is 28.2 Å². The van der Waals surface area contributed by atoms with Gasteiger partial charge in [-0.15, -0.1) is 0 Å². The fourth-order valence-corrected chi connectivity index (χ4v) is 7.99. The predicted molar refractivity (Wildman–Crippen MR) is 152 cm³/mol. The second-order valence-electron chi connectivity index (χ2n) is 12.5. The molecule has 37 heavy (non-hydrogen) atoms. The summed E-state index contributed by atoms with van der Waals surface area (Å²) >= 11 is 0. The average Bonchev–Trinajstić information content (AvgIpc) is 3.46. The summed E-state index contributed by atoms with van der Waals surface area (Å²) in [4.78, 5) is 9.87. The van der Waals surface area contributed by atoms with E-state index >= 15 is 0 Å². The van der Waals surface area contributed by atoms with Crippen LogP contribution < -0.4 is 4.90 Å². The fourth-order valence-electron chi connectivity index (χ4n) is 7.99. The van der Waals surface area contributed by atoms with E-state index < -0.39 is 0 Å². The molecule has 0 amide bonds. The molecule has 4 bridgehead atoms. The molecule has 4 aliphatic carbocycles. The molecule has 1 aromatic rings. The van der Waals surface area contributed by atoms with E-state index in [1.165, 1.54) is 55.3 Å². The van der Waals surface area contributed by atoms with Crippen LogP contribution in [-0.4, -0.2) is 30.0 Å². The van der Waals surface area contributed by atoms with Crippen LogP contribution >= 0.6 is 0 Å². The Morgan fingerprint density at radius 2 is 1.51 bits per heavy atom. The van der Waals surface area contributed by atoms with Gasteiger partial charge in [-0.1, -0.05) is 45.9 Å². The molecular weight excluding hydrogens is 635 g/mol. The number of hydrogen-bond acceptors (Lipinski definition) is 4. The van der Waals surface area contributed by atoms with Gasteiger partial charge in [0.1, 0.15) is 6.61 Å². The van der Waals surface area contributed by atoms with Gasteiger partial charge >= 0.3 is 20.1 Å². The topological polar surface area (TPSA) is 28.1 Å². The molecule has 0 aromatic heterocycles. The Morgan fingerprint density at radius 1 is 0.946 bits per heavy atom. The number of nitrogens with zero attached hydrogens (tertiary/aromatic N) is 3. The standard InChI is InChI=1S/C30H42N3O.2CH3.Ir/c1-20(2)26-6-5-7-27(21(3)4)28(26)33-11-10-32(19-33)9-8-25-18-34-29(31-25)30-15-22-12-23(16-30)14-24(13-22)17-30;;;/h5-7,10-11,19-25H,8-9,12-18H2,1-4H3;2*1H3;/q3*-1;+3/t22?,23?,24?,25-,30?;;;/m1.../s1. The van der Waals surface area contributed by atoms with Crippen molar-refractivity contribution in [1.29, 1.82) is 0 Å². The largest absolute Gasteiger partial charge is 3.00 e. The molecule has 2 heterocycles. The van der Waals surface area contributed by atoms with Gasteiger partial charge in [-0.2, -0.15) is 6.67 Å². The molecule has 0 saturated heterocycles. The van der Waals surface area contributed by atoms with Crippen molar-refractivity contribution < 1.29 is 24.8 Å². The molecule has 4 fully saturated rings. The summed E-state index contributed by atoms with van der Waals surface area (Å²) in [5.41, 5.74) is 4.50. The van der Waals surface area contributed by atoms with Gasteiger partial charge in [-0.25, -0.2) is 4.99 Å². The fraction of sp³-hybridized carbons (Fsp3) is 0.625. The number of para-hydroxylation sites is 1. The van der Waals surface area contributed by atoms with Crippen LogP contribution in [0.2, 0.25) is 0 Å². The van der Waals surface area contributed by atoms with Crippen LogP contribution in [0.3, 0.4) is 0 Å². The maximum atomic E-state index is 6.33. The Labute approximate surface area is 240 Å². The minimum Gasteiger partial charge on any atom is -0.508 e. The van der Waals surface area contributed by atoms with Gasteiger partial charge in [0.2, 0.25) is 0 Å². The van der Waals surface area contributed by atoms with Crippen LogP contribution in [0.15, 0.2) is 35.6 Å². The van der Waals surface area contributed by atoms with E-state index in [2.05, 4.69) is 74.8 Å². The number of anilines is 1. The minimum atomic E-state index is 0. The van der Waals surface area contributed by atoms with Crippen molar-refractivity contribution in [2.45, 2.75) is 90.5 Å². The molecule has 4 nitrogen and oxygen atoms in total. The monoisotopic (exact) mass is 683 g/mol. The SMILES string of the molecule is CC(C)c1cccc(C(C)C)c1N1C=CN(CC[C@@H]2COC(C34CC5CC(CC(C5)C3)C4)=N2)[CH-]1.[CH3-].[CH3-].[Ir+3]. The first kappa shape index (κ1) is 30.2. The maximum absolute atomic E-state index is 6.33. The van der Waals surface area contributed by atoms with Gasteiger partial charge in [-0.05, 0) is 105 Å². The molecule has 206 valence electrons. The summed E-state index contributed by atoms with van der Waals surface area (Å²) in [5.74, 6) is 4.96. The van der Waals surface area contributed by atoms with Crippen molar-refractivity contribution in [3.05, 3.63) is 63.2 Å². The summed E-state index contributed by atoms with van der Waals surface area (Å²) in [6.07, 6.45) is 13.9. The molecule has 2 aliphatic heterocycles. The normalized spacial score (nSPS) is 31.2. The van der Waals surface area contributed by atoms with E-state index in [-0.39, 0.29) is 35.0 Å². The zero-order valence-corrected chi connectivity index (χ0v) is 26.3. The first-order valence-corrected chi connectivity index (χ1v) is 13.8. The van der Waals surface area contributed by atoms with Crippen molar-refractivity contribution >= 4 is 11.6 Å². The number of rotatable bonds is 7. The van der Waals surface area contributed by atoms with Crippen LogP contribution in [0.1, 0.15) is 95.6 Å². The third kappa shape index (κ3) is 5.69. The van der Waals surface area contributed by atoms with Gasteiger partial charge in [0.25, 0.3) is 0 Å². The molecule has 7 rings (SSSR count). The van der Waals surface area contributed by atoms with Crippen LogP contribution in [0.5, 0.6) is 0 Å². The smallest absolute Gasteiger partial charge is 0.508 e. The Balaban J connectivity index is 0.00000127. The van der Waals surface area contributed by atoms with E-state index in [0.29, 0.717) is 23.3 Å². The van der Waals surface area contributed by atoms with Gasteiger partial charge in [0, 0.05) is 11.1 Å². The summed E-state index contributed by atoms with van der Waals surface area (Å²) in [7, 11) is 0. The Morgan fingerprint density at radius 3 is 2.05 bits per heavy atom. The predicted octanol–water partition coefficient (Wildman–Crippen LogP) is 7.95. The molecule has 4 saturated carbocycles. The van der Waals surface area contributed by atoms with Crippen LogP contribution in [0, 0.1) is 44.7 Å². The van der Waals surface area contributed by atoms with E-state index in [1.54, 1.807) is 0 Å². The molecule has 0 radical (unpaired) electrons. The molecule has 5 heteroatoms. The van der Waals surface area contributed by atoms with Gasteiger partial charge in [-0.3, -0.25) is 0 Å². The molecule has 6 aliphatic rings. The molecule has 1 aromatic carbocycles. The molecule has 0 N–H and O–H groups in total. The number of ether oxygens (including phenoxy) is 1. The zero-order valence-electron chi connectivity index (χ0n) is 23.9. The third-order valence-electron chi connectivity index (χ3n) is 9.22. The van der Waals surface area contributed by atoms with Gasteiger partial charge in [0.15, 0.2) is 5.90 Å².